The Hall–Kier alpha value is -2.48. The zero-order valence-corrected chi connectivity index (χ0v) is 18.0. The molecule has 0 aliphatic carbocycles. The standard InChI is InChI=1S/C23H32N6O/c1-27(2)10-5-9-24-23-20-6-3-4-7-21(20)25-22(26-23)17-29-13-11-28(12-14-29)16-19-8-15-30-18-19/h3-4,6-8,15,18H,5,9-14,16-17H2,1-2H3,(H,24,25,26). The highest BCUT2D eigenvalue weighted by atomic mass is 16.3. The van der Waals surface area contributed by atoms with Gasteiger partial charge in [-0.2, -0.15) is 0 Å². The monoisotopic (exact) mass is 408 g/mol. The molecule has 1 saturated heterocycles. The van der Waals surface area contributed by atoms with Gasteiger partial charge < -0.3 is 14.6 Å². The second kappa shape index (κ2) is 10.0. The summed E-state index contributed by atoms with van der Waals surface area (Å²) in [6, 6.07) is 10.3. The average molecular weight is 409 g/mol. The van der Waals surface area contributed by atoms with Crippen LogP contribution < -0.4 is 5.32 Å². The van der Waals surface area contributed by atoms with Gasteiger partial charge in [-0.05, 0) is 45.3 Å². The summed E-state index contributed by atoms with van der Waals surface area (Å²) in [6.45, 7) is 7.87. The van der Waals surface area contributed by atoms with E-state index in [0.717, 1.165) is 81.3 Å². The van der Waals surface area contributed by atoms with Gasteiger partial charge in [0, 0.05) is 50.2 Å². The molecule has 3 aromatic rings. The fourth-order valence-corrected chi connectivity index (χ4v) is 3.88. The lowest BCUT2D eigenvalue weighted by Gasteiger charge is -2.34. The van der Waals surface area contributed by atoms with E-state index in [1.165, 1.54) is 5.56 Å². The Morgan fingerprint density at radius 2 is 1.77 bits per heavy atom. The second-order valence-corrected chi connectivity index (χ2v) is 8.27. The molecular formula is C23H32N6O. The maximum Gasteiger partial charge on any atom is 0.145 e. The van der Waals surface area contributed by atoms with E-state index in [2.05, 4.69) is 52.3 Å². The molecule has 4 rings (SSSR count). The van der Waals surface area contributed by atoms with Crippen molar-refractivity contribution in [1.82, 2.24) is 24.7 Å². The Labute approximate surface area is 178 Å². The largest absolute Gasteiger partial charge is 0.472 e. The third kappa shape index (κ3) is 5.56. The second-order valence-electron chi connectivity index (χ2n) is 8.27. The molecule has 160 valence electrons. The fourth-order valence-electron chi connectivity index (χ4n) is 3.88. The van der Waals surface area contributed by atoms with Gasteiger partial charge in [-0.3, -0.25) is 9.80 Å². The highest BCUT2D eigenvalue weighted by Gasteiger charge is 2.19. The number of nitrogens with one attached hydrogen (secondary N) is 1. The van der Waals surface area contributed by atoms with E-state index in [-0.39, 0.29) is 0 Å². The van der Waals surface area contributed by atoms with Crippen LogP contribution in [0.25, 0.3) is 10.9 Å². The number of fused-ring (bicyclic) bond motifs is 1. The van der Waals surface area contributed by atoms with E-state index in [1.54, 1.807) is 6.26 Å². The first-order valence-corrected chi connectivity index (χ1v) is 10.8. The molecule has 3 heterocycles. The topological polar surface area (TPSA) is 60.7 Å². The molecule has 1 N–H and O–H groups in total. The first-order valence-electron chi connectivity index (χ1n) is 10.8. The lowest BCUT2D eigenvalue weighted by Crippen LogP contribution is -2.45. The van der Waals surface area contributed by atoms with Crippen molar-refractivity contribution in [2.24, 2.45) is 0 Å². The van der Waals surface area contributed by atoms with Crippen molar-refractivity contribution in [2.75, 3.05) is 58.7 Å². The number of furan rings is 1. The molecule has 0 atom stereocenters. The minimum Gasteiger partial charge on any atom is -0.472 e. The van der Waals surface area contributed by atoms with Gasteiger partial charge >= 0.3 is 0 Å². The summed E-state index contributed by atoms with van der Waals surface area (Å²) in [5, 5.41) is 4.63. The molecule has 7 heteroatoms. The van der Waals surface area contributed by atoms with E-state index < -0.39 is 0 Å². The number of hydrogen-bond acceptors (Lipinski definition) is 7. The van der Waals surface area contributed by atoms with Crippen LogP contribution in [-0.4, -0.2) is 78.0 Å². The van der Waals surface area contributed by atoms with Crippen LogP contribution in [0.1, 0.15) is 17.8 Å². The summed E-state index contributed by atoms with van der Waals surface area (Å²) in [5.74, 6) is 1.85. The van der Waals surface area contributed by atoms with Crippen molar-refractivity contribution in [3.63, 3.8) is 0 Å². The Kier molecular flexibility index (Phi) is 6.94. The summed E-state index contributed by atoms with van der Waals surface area (Å²) >= 11 is 0. The molecule has 0 radical (unpaired) electrons. The lowest BCUT2D eigenvalue weighted by molar-refractivity contribution is 0.120. The molecule has 30 heavy (non-hydrogen) atoms. The Bertz CT molecular complexity index is 919. The summed E-state index contributed by atoms with van der Waals surface area (Å²) in [4.78, 5) is 16.9. The molecule has 1 fully saturated rings. The molecular weight excluding hydrogens is 376 g/mol. The Morgan fingerprint density at radius 1 is 1.00 bits per heavy atom. The summed E-state index contributed by atoms with van der Waals surface area (Å²) in [5.41, 5.74) is 2.25. The predicted octanol–water partition coefficient (Wildman–Crippen LogP) is 2.90. The van der Waals surface area contributed by atoms with Gasteiger partial charge in [0.25, 0.3) is 0 Å². The van der Waals surface area contributed by atoms with E-state index in [0.29, 0.717) is 0 Å². The summed E-state index contributed by atoms with van der Waals surface area (Å²) in [6.07, 6.45) is 4.66. The molecule has 2 aromatic heterocycles. The van der Waals surface area contributed by atoms with Crippen LogP contribution in [0.5, 0.6) is 0 Å². The van der Waals surface area contributed by atoms with Crippen molar-refractivity contribution in [3.05, 3.63) is 54.2 Å². The van der Waals surface area contributed by atoms with E-state index in [4.69, 9.17) is 14.4 Å². The minimum atomic E-state index is 0.788. The maximum absolute atomic E-state index is 5.19. The van der Waals surface area contributed by atoms with Crippen LogP contribution in [0, 0.1) is 0 Å². The fraction of sp³-hybridized carbons (Fsp3) is 0.478. The van der Waals surface area contributed by atoms with Crippen LogP contribution in [0.15, 0.2) is 47.3 Å². The van der Waals surface area contributed by atoms with Crippen LogP contribution in [-0.2, 0) is 13.1 Å². The van der Waals surface area contributed by atoms with Crippen molar-refractivity contribution in [1.29, 1.82) is 0 Å². The lowest BCUT2D eigenvalue weighted by atomic mass is 10.2. The van der Waals surface area contributed by atoms with Crippen LogP contribution in [0.2, 0.25) is 0 Å². The van der Waals surface area contributed by atoms with Gasteiger partial charge in [0.2, 0.25) is 0 Å². The summed E-state index contributed by atoms with van der Waals surface area (Å²) < 4.78 is 5.19. The van der Waals surface area contributed by atoms with Gasteiger partial charge in [0.15, 0.2) is 0 Å². The molecule has 0 amide bonds. The van der Waals surface area contributed by atoms with Crippen LogP contribution in [0.4, 0.5) is 5.82 Å². The van der Waals surface area contributed by atoms with E-state index in [1.807, 2.05) is 18.4 Å². The Morgan fingerprint density at radius 3 is 2.50 bits per heavy atom. The number of rotatable bonds is 9. The van der Waals surface area contributed by atoms with Gasteiger partial charge in [-0.15, -0.1) is 0 Å². The number of piperazine rings is 1. The van der Waals surface area contributed by atoms with Crippen LogP contribution >= 0.6 is 0 Å². The van der Waals surface area contributed by atoms with Gasteiger partial charge in [-0.1, -0.05) is 12.1 Å². The predicted molar refractivity (Wildman–Crippen MR) is 120 cm³/mol. The first-order chi connectivity index (χ1) is 14.7. The number of aromatic nitrogens is 2. The molecule has 0 spiro atoms. The number of para-hydroxylation sites is 1. The SMILES string of the molecule is CN(C)CCCNc1nc(CN2CCN(Cc3ccoc3)CC2)nc2ccccc12. The van der Waals surface area contributed by atoms with E-state index >= 15 is 0 Å². The molecule has 1 aromatic carbocycles. The molecule has 0 bridgehead atoms. The maximum atomic E-state index is 5.19. The quantitative estimate of drug-likeness (QED) is 0.546. The molecule has 7 nitrogen and oxygen atoms in total. The third-order valence-electron chi connectivity index (χ3n) is 5.54. The van der Waals surface area contributed by atoms with Gasteiger partial charge in [-0.25, -0.2) is 9.97 Å². The Balaban J connectivity index is 1.37. The van der Waals surface area contributed by atoms with Crippen molar-refractivity contribution < 1.29 is 4.42 Å². The normalized spacial score (nSPS) is 15.8. The minimum absolute atomic E-state index is 0.788. The number of nitrogens with zero attached hydrogens (tertiary/aromatic N) is 5. The third-order valence-corrected chi connectivity index (χ3v) is 5.54. The molecule has 0 saturated carbocycles. The number of benzene rings is 1. The number of anilines is 1. The molecule has 1 aliphatic rings. The first kappa shape index (κ1) is 20.8. The van der Waals surface area contributed by atoms with Crippen molar-refractivity contribution in [2.45, 2.75) is 19.5 Å². The summed E-state index contributed by atoms with van der Waals surface area (Å²) in [7, 11) is 4.21. The molecule has 1 aliphatic heterocycles. The zero-order valence-electron chi connectivity index (χ0n) is 18.0. The molecule has 0 unspecified atom stereocenters. The van der Waals surface area contributed by atoms with Crippen molar-refractivity contribution >= 4 is 16.7 Å². The number of hydrogen-bond donors (Lipinski definition) is 1. The van der Waals surface area contributed by atoms with Gasteiger partial charge in [0.05, 0.1) is 24.6 Å². The highest BCUT2D eigenvalue weighted by molar-refractivity contribution is 5.88. The average Bonchev–Trinajstić information content (AvgIpc) is 3.25. The highest BCUT2D eigenvalue weighted by Crippen LogP contribution is 2.21. The van der Waals surface area contributed by atoms with Crippen LogP contribution in [0.3, 0.4) is 0 Å². The smallest absolute Gasteiger partial charge is 0.145 e. The van der Waals surface area contributed by atoms with Crippen molar-refractivity contribution in [3.8, 4) is 0 Å². The zero-order chi connectivity index (χ0) is 20.8. The van der Waals surface area contributed by atoms with Gasteiger partial charge in [0.1, 0.15) is 11.6 Å². The van der Waals surface area contributed by atoms with E-state index in [9.17, 15) is 0 Å².